The average Bonchev–Trinajstić information content (AvgIpc) is 2.87. The molecule has 3 nitrogen and oxygen atoms in total. The van der Waals surface area contributed by atoms with Crippen LogP contribution in [0.25, 0.3) is 0 Å². The van der Waals surface area contributed by atoms with Crippen molar-refractivity contribution in [3.8, 4) is 0 Å². The molecule has 0 radical (unpaired) electrons. The van der Waals surface area contributed by atoms with Crippen molar-refractivity contribution in [2.75, 3.05) is 0 Å². The minimum absolute atomic E-state index is 0.500. The lowest BCUT2D eigenvalue weighted by atomic mass is 10.2. The molecule has 1 heterocycles. The Morgan fingerprint density at radius 2 is 2.23 bits per heavy atom. The van der Waals surface area contributed by atoms with Gasteiger partial charge in [-0.05, 0) is 24.8 Å². The second-order valence-electron chi connectivity index (χ2n) is 2.85. The van der Waals surface area contributed by atoms with Gasteiger partial charge in [0.15, 0.2) is 12.4 Å². The van der Waals surface area contributed by atoms with Crippen LogP contribution in [-0.2, 0) is 4.79 Å². The first-order valence-electron chi connectivity index (χ1n) is 4.01. The van der Waals surface area contributed by atoms with Crippen LogP contribution in [0.5, 0.6) is 0 Å². The molecule has 0 atom stereocenters. The molecule has 70 valence electrons. The molecule has 0 saturated heterocycles. The largest absolute Gasteiger partial charge is 0.554 e. The normalized spacial score (nSPS) is 14.2. The van der Waals surface area contributed by atoms with E-state index in [4.69, 9.17) is 21.7 Å². The number of hydrogen-bond acceptors (Lipinski definition) is 2. The molecule has 0 amide bonds. The van der Waals surface area contributed by atoms with Gasteiger partial charge in [0.25, 0.3) is 11.8 Å². The fourth-order valence-electron chi connectivity index (χ4n) is 1.12. The van der Waals surface area contributed by atoms with Gasteiger partial charge in [0.1, 0.15) is 0 Å². The Balaban J connectivity index is 0.000000251. The van der Waals surface area contributed by atoms with Crippen LogP contribution in [0.1, 0.15) is 24.3 Å². The zero-order valence-corrected chi connectivity index (χ0v) is 7.78. The Morgan fingerprint density at radius 3 is 2.69 bits per heavy atom. The van der Waals surface area contributed by atoms with E-state index in [0.29, 0.717) is 0 Å². The lowest BCUT2D eigenvalue weighted by Gasteiger charge is -1.89. The number of rotatable bonds is 1. The maximum Gasteiger partial charge on any atom is 0.267 e. The van der Waals surface area contributed by atoms with Crippen molar-refractivity contribution in [2.45, 2.75) is 18.8 Å². The Bertz CT molecular complexity index is 287. The second-order valence-corrected chi connectivity index (χ2v) is 3.24. The maximum absolute atomic E-state index is 8.25. The number of halogens is 1. The summed E-state index contributed by atoms with van der Waals surface area (Å²) < 4.78 is 1.59. The third kappa shape index (κ3) is 3.42. The second kappa shape index (κ2) is 4.82. The topological polar surface area (TPSA) is 44.0 Å². The summed E-state index contributed by atoms with van der Waals surface area (Å²) in [6, 6.07) is 4.12. The molecule has 1 aliphatic carbocycles. The van der Waals surface area contributed by atoms with E-state index in [9.17, 15) is 0 Å². The van der Waals surface area contributed by atoms with Gasteiger partial charge < -0.3 is 9.90 Å². The van der Waals surface area contributed by atoms with Gasteiger partial charge in [-0.25, -0.2) is 0 Å². The summed E-state index contributed by atoms with van der Waals surface area (Å²) in [6.07, 6.45) is 6.49. The van der Waals surface area contributed by atoms with Gasteiger partial charge in [-0.3, -0.25) is 0 Å². The van der Waals surface area contributed by atoms with Crippen LogP contribution in [0.15, 0.2) is 24.5 Å². The number of carboxylic acid groups (broad SMARTS) is 1. The molecule has 1 aromatic rings. The van der Waals surface area contributed by atoms with Crippen molar-refractivity contribution < 1.29 is 14.0 Å². The smallest absolute Gasteiger partial charge is 0.267 e. The van der Waals surface area contributed by atoms with Gasteiger partial charge >= 0.3 is 0 Å². The summed E-state index contributed by atoms with van der Waals surface area (Å²) in [7, 11) is 0. The van der Waals surface area contributed by atoms with E-state index < -0.39 is 6.47 Å². The molecule has 13 heavy (non-hydrogen) atoms. The van der Waals surface area contributed by atoms with Gasteiger partial charge in [0.05, 0.1) is 0 Å². The number of hydrogen-bond donors (Lipinski definition) is 0. The molecular weight excluding hydrogens is 190 g/mol. The lowest BCUT2D eigenvalue weighted by molar-refractivity contribution is -0.519. The summed E-state index contributed by atoms with van der Waals surface area (Å²) in [5, 5.41) is 8.25. The molecule has 0 bridgehead atoms. The van der Waals surface area contributed by atoms with Gasteiger partial charge in [0.2, 0.25) is 0 Å². The van der Waals surface area contributed by atoms with Gasteiger partial charge in [-0.15, -0.1) is 0 Å². The molecule has 0 aliphatic heterocycles. The van der Waals surface area contributed by atoms with E-state index in [1.165, 1.54) is 18.4 Å². The third-order valence-corrected chi connectivity index (χ3v) is 2.05. The van der Waals surface area contributed by atoms with Crippen LogP contribution in [0.2, 0.25) is 0 Å². The number of carbonyl (C=O) groups excluding carboxylic acids is 1. The van der Waals surface area contributed by atoms with E-state index >= 15 is 0 Å². The predicted octanol–water partition coefficient (Wildman–Crippen LogP) is 0.220. The SMILES string of the molecule is Cl[n+]1cccc(C2CC2)c1.O=C[O-]. The number of pyridine rings is 1. The Morgan fingerprint density at radius 1 is 1.62 bits per heavy atom. The fraction of sp³-hybridized carbons (Fsp3) is 0.333. The molecule has 0 aromatic carbocycles. The Hall–Kier alpha value is -1.09. The predicted molar refractivity (Wildman–Crippen MR) is 45.9 cm³/mol. The zero-order chi connectivity index (χ0) is 9.68. The molecule has 4 heteroatoms. The highest BCUT2D eigenvalue weighted by atomic mass is 35.5. The van der Waals surface area contributed by atoms with Crippen molar-refractivity contribution in [3.63, 3.8) is 0 Å². The Kier molecular flexibility index (Phi) is 3.71. The average molecular weight is 200 g/mol. The summed E-state index contributed by atoms with van der Waals surface area (Å²) in [5.41, 5.74) is 1.37. The summed E-state index contributed by atoms with van der Waals surface area (Å²) in [4.78, 5) is 8.25. The Labute approximate surface area is 81.7 Å². The van der Waals surface area contributed by atoms with Crippen LogP contribution >= 0.6 is 11.8 Å². The van der Waals surface area contributed by atoms with Crippen LogP contribution in [0.4, 0.5) is 0 Å². The quantitative estimate of drug-likeness (QED) is 0.608. The van der Waals surface area contributed by atoms with Crippen molar-refractivity contribution >= 4 is 18.2 Å². The van der Waals surface area contributed by atoms with Crippen molar-refractivity contribution in [1.82, 2.24) is 0 Å². The van der Waals surface area contributed by atoms with Crippen LogP contribution in [0, 0.1) is 0 Å². The summed E-state index contributed by atoms with van der Waals surface area (Å²) >= 11 is 5.73. The summed E-state index contributed by atoms with van der Waals surface area (Å²) in [5.74, 6) is 0.797. The van der Waals surface area contributed by atoms with Crippen molar-refractivity contribution in [3.05, 3.63) is 30.1 Å². The van der Waals surface area contributed by atoms with E-state index in [0.717, 1.165) is 5.92 Å². The van der Waals surface area contributed by atoms with E-state index in [1.54, 1.807) is 4.09 Å². The van der Waals surface area contributed by atoms with Crippen LogP contribution in [0.3, 0.4) is 0 Å². The minimum atomic E-state index is -0.500. The highest BCUT2D eigenvalue weighted by Gasteiger charge is 2.25. The van der Waals surface area contributed by atoms with Gasteiger partial charge in [0, 0.05) is 18.1 Å². The molecule has 2 rings (SSSR count). The van der Waals surface area contributed by atoms with Crippen molar-refractivity contribution in [1.29, 1.82) is 0 Å². The first-order valence-corrected chi connectivity index (χ1v) is 4.34. The molecule has 1 aliphatic rings. The number of aromatic nitrogens is 1. The maximum atomic E-state index is 8.25. The lowest BCUT2D eigenvalue weighted by Crippen LogP contribution is -2.18. The monoisotopic (exact) mass is 199 g/mol. The standard InChI is InChI=1S/C8H9ClN.CH2O2/c9-10-5-1-2-8(6-10)7-3-4-7;2-1-3/h1-2,5-7H,3-4H2;1H,(H,2,3)/q+1;/p-1. The fourth-order valence-corrected chi connectivity index (χ4v) is 1.30. The van der Waals surface area contributed by atoms with Crippen LogP contribution < -0.4 is 9.19 Å². The first kappa shape index (κ1) is 9.99. The first-order chi connectivity index (χ1) is 6.27. The highest BCUT2D eigenvalue weighted by molar-refractivity contribution is 6.04. The zero-order valence-electron chi connectivity index (χ0n) is 7.02. The molecule has 1 fully saturated rings. The van der Waals surface area contributed by atoms with E-state index in [-0.39, 0.29) is 0 Å². The molecule has 0 spiro atoms. The van der Waals surface area contributed by atoms with Gasteiger partial charge in [-0.2, -0.15) is 0 Å². The molecular formula is C9H10ClNO2. The van der Waals surface area contributed by atoms with E-state index in [1.807, 2.05) is 18.5 Å². The highest BCUT2D eigenvalue weighted by Crippen LogP contribution is 2.39. The third-order valence-electron chi connectivity index (χ3n) is 1.84. The van der Waals surface area contributed by atoms with E-state index in [2.05, 4.69) is 6.07 Å². The minimum Gasteiger partial charge on any atom is -0.554 e. The van der Waals surface area contributed by atoms with Gasteiger partial charge in [-0.1, -0.05) is 4.09 Å². The van der Waals surface area contributed by atoms with Crippen LogP contribution in [-0.4, -0.2) is 6.47 Å². The molecule has 0 N–H and O–H groups in total. The number of carbonyl (C=O) groups is 1. The summed E-state index contributed by atoms with van der Waals surface area (Å²) in [6.45, 7) is -0.500. The molecule has 1 aromatic heterocycles. The van der Waals surface area contributed by atoms with Crippen molar-refractivity contribution in [2.24, 2.45) is 0 Å². The molecule has 1 saturated carbocycles. The molecule has 0 unspecified atom stereocenters. The number of nitrogens with zero attached hydrogens (tertiary/aromatic N) is 1.